The Bertz CT molecular complexity index is 584. The van der Waals surface area contributed by atoms with Gasteiger partial charge in [0.05, 0.1) is 11.9 Å². The van der Waals surface area contributed by atoms with Gasteiger partial charge in [-0.25, -0.2) is 0 Å². The molecular weight excluding hydrogens is 313 g/mol. The van der Waals surface area contributed by atoms with E-state index < -0.39 is 8.46 Å². The van der Waals surface area contributed by atoms with Crippen molar-refractivity contribution in [3.8, 4) is 0 Å². The van der Waals surface area contributed by atoms with Crippen molar-refractivity contribution in [2.24, 2.45) is 0 Å². The van der Waals surface area contributed by atoms with Crippen molar-refractivity contribution in [1.82, 2.24) is 4.98 Å². The number of nitrogens with zero attached hydrogens (tertiary/aromatic N) is 1. The van der Waals surface area contributed by atoms with E-state index in [9.17, 15) is 5.11 Å². The van der Waals surface area contributed by atoms with Crippen molar-refractivity contribution in [2.75, 3.05) is 6.26 Å². The molecule has 0 amide bonds. The van der Waals surface area contributed by atoms with E-state index in [1.807, 2.05) is 43.5 Å². The number of pyridine rings is 1. The zero-order valence-corrected chi connectivity index (χ0v) is 13.7. The van der Waals surface area contributed by atoms with E-state index in [2.05, 4.69) is 4.98 Å². The lowest BCUT2D eigenvalue weighted by atomic mass is 9.99. The van der Waals surface area contributed by atoms with Gasteiger partial charge in [0.25, 0.3) is 0 Å². The van der Waals surface area contributed by atoms with Gasteiger partial charge in [0.1, 0.15) is 0 Å². The van der Waals surface area contributed by atoms with Crippen molar-refractivity contribution in [3.63, 3.8) is 0 Å². The second kappa shape index (κ2) is 6.35. The Hall–Kier alpha value is -0.740. The smallest absolute Gasteiger partial charge is 0.0699 e. The molecule has 2 aromatic rings. The molecule has 0 aliphatic heterocycles. The zero-order chi connectivity index (χ0) is 14.8. The van der Waals surface area contributed by atoms with E-state index in [0.29, 0.717) is 0 Å². The molecule has 1 atom stereocenters. The van der Waals surface area contributed by atoms with Crippen molar-refractivity contribution in [2.45, 2.75) is 18.8 Å². The van der Waals surface area contributed by atoms with Crippen LogP contribution in [-0.2, 0) is 6.61 Å². The van der Waals surface area contributed by atoms with E-state index in [-0.39, 0.29) is 11.9 Å². The SMILES string of the molecule is Cc1c(CO)cncc1C(c1ccccc1)S(C)(Cl)Cl. The normalized spacial score (nSPS) is 14.1. The monoisotopic (exact) mass is 329 g/mol. The first-order valence-electron chi connectivity index (χ1n) is 6.20. The average molecular weight is 330 g/mol. The lowest BCUT2D eigenvalue weighted by Crippen LogP contribution is -2.08. The molecule has 1 heterocycles. The minimum Gasteiger partial charge on any atom is -0.392 e. The summed E-state index contributed by atoms with van der Waals surface area (Å²) in [5, 5.41) is 9.28. The standard InChI is InChI=1S/C15H17Cl2NOS/c1-11-13(10-19)8-18-9-14(11)15(20(2,16)17)12-6-4-3-5-7-12/h3-9,15,19H,10H2,1-2H3. The number of rotatable bonds is 4. The summed E-state index contributed by atoms with van der Waals surface area (Å²) < 4.78 is 0. The van der Waals surface area contributed by atoms with Crippen LogP contribution in [0.5, 0.6) is 0 Å². The lowest BCUT2D eigenvalue weighted by molar-refractivity contribution is 0.280. The summed E-state index contributed by atoms with van der Waals surface area (Å²) in [5.41, 5.74) is 3.84. The van der Waals surface area contributed by atoms with Crippen LogP contribution in [0.2, 0.25) is 0 Å². The fourth-order valence-electron chi connectivity index (χ4n) is 2.28. The topological polar surface area (TPSA) is 33.1 Å². The third-order valence-corrected chi connectivity index (χ3v) is 5.75. The molecule has 1 aromatic heterocycles. The van der Waals surface area contributed by atoms with Crippen molar-refractivity contribution in [3.05, 3.63) is 65.0 Å². The number of hydrogen-bond donors (Lipinski definition) is 1. The van der Waals surface area contributed by atoms with Gasteiger partial charge >= 0.3 is 0 Å². The van der Waals surface area contributed by atoms with E-state index in [1.165, 1.54) is 0 Å². The predicted octanol–water partition coefficient (Wildman–Crippen LogP) is 4.71. The number of hydrogen-bond acceptors (Lipinski definition) is 2. The molecule has 108 valence electrons. The van der Waals surface area contributed by atoms with Crippen LogP contribution in [-0.4, -0.2) is 16.3 Å². The van der Waals surface area contributed by atoms with Gasteiger partial charge in [-0.05, 0) is 35.4 Å². The second-order valence-corrected chi connectivity index (χ2v) is 11.1. The molecule has 2 rings (SSSR count). The fraction of sp³-hybridized carbons (Fsp3) is 0.267. The van der Waals surface area contributed by atoms with Gasteiger partial charge in [0.2, 0.25) is 0 Å². The van der Waals surface area contributed by atoms with Gasteiger partial charge in [0.15, 0.2) is 0 Å². The number of aliphatic hydroxyl groups is 1. The van der Waals surface area contributed by atoms with Gasteiger partial charge < -0.3 is 5.11 Å². The molecule has 5 heteroatoms. The highest BCUT2D eigenvalue weighted by Gasteiger charge is 2.30. The van der Waals surface area contributed by atoms with Crippen LogP contribution in [0.1, 0.15) is 27.5 Å². The Morgan fingerprint density at radius 2 is 1.85 bits per heavy atom. The van der Waals surface area contributed by atoms with Gasteiger partial charge in [0, 0.05) is 12.4 Å². The summed E-state index contributed by atoms with van der Waals surface area (Å²) in [5.74, 6) is 0. The molecule has 0 aliphatic carbocycles. The van der Waals surface area contributed by atoms with Crippen LogP contribution in [0.15, 0.2) is 42.7 Å². The first-order chi connectivity index (χ1) is 9.45. The van der Waals surface area contributed by atoms with Gasteiger partial charge in [-0.2, -0.15) is 0 Å². The fourth-order valence-corrected chi connectivity index (χ4v) is 4.79. The summed E-state index contributed by atoms with van der Waals surface area (Å²) in [6.45, 7) is 1.93. The Labute approximate surface area is 130 Å². The predicted molar refractivity (Wildman–Crippen MR) is 88.4 cm³/mol. The minimum absolute atomic E-state index is 0.0369. The largest absolute Gasteiger partial charge is 0.392 e. The maximum Gasteiger partial charge on any atom is 0.0699 e. The highest BCUT2D eigenvalue weighted by atomic mass is 36.0. The number of aromatic nitrogens is 1. The number of benzene rings is 1. The van der Waals surface area contributed by atoms with Crippen LogP contribution >= 0.6 is 29.8 Å². The highest BCUT2D eigenvalue weighted by molar-refractivity contribution is 8.65. The molecule has 0 fully saturated rings. The molecule has 1 aromatic carbocycles. The Kier molecular flexibility index (Phi) is 4.97. The molecule has 20 heavy (non-hydrogen) atoms. The molecular formula is C15H17Cl2NOS. The lowest BCUT2D eigenvalue weighted by Gasteiger charge is -2.32. The zero-order valence-electron chi connectivity index (χ0n) is 11.4. The van der Waals surface area contributed by atoms with Gasteiger partial charge in [-0.1, -0.05) is 60.2 Å². The summed E-state index contributed by atoms with van der Waals surface area (Å²) >= 11 is 0. The Morgan fingerprint density at radius 1 is 1.20 bits per heavy atom. The van der Waals surface area contributed by atoms with Crippen LogP contribution in [0.3, 0.4) is 0 Å². The number of halogens is 2. The molecule has 0 spiro atoms. The van der Waals surface area contributed by atoms with E-state index in [4.69, 9.17) is 21.4 Å². The van der Waals surface area contributed by atoms with E-state index in [1.54, 1.807) is 12.4 Å². The maximum absolute atomic E-state index is 9.40. The van der Waals surface area contributed by atoms with Crippen molar-refractivity contribution < 1.29 is 5.11 Å². The van der Waals surface area contributed by atoms with Gasteiger partial charge in [-0.15, -0.1) is 0 Å². The maximum atomic E-state index is 9.40. The van der Waals surface area contributed by atoms with Crippen molar-refractivity contribution in [1.29, 1.82) is 0 Å². The molecule has 2 nitrogen and oxygen atoms in total. The number of aliphatic hydroxyl groups excluding tert-OH is 1. The van der Waals surface area contributed by atoms with Crippen LogP contribution in [0.25, 0.3) is 0 Å². The summed E-state index contributed by atoms with van der Waals surface area (Å²) in [4.78, 5) is 4.21. The molecule has 0 saturated heterocycles. The van der Waals surface area contributed by atoms with E-state index >= 15 is 0 Å². The van der Waals surface area contributed by atoms with Gasteiger partial charge in [-0.3, -0.25) is 4.98 Å². The van der Waals surface area contributed by atoms with E-state index in [0.717, 1.165) is 22.3 Å². The van der Waals surface area contributed by atoms with Crippen LogP contribution in [0, 0.1) is 6.92 Å². The molecule has 0 radical (unpaired) electrons. The first kappa shape index (κ1) is 15.6. The molecule has 0 aliphatic rings. The first-order valence-corrected chi connectivity index (χ1v) is 9.96. The third-order valence-electron chi connectivity index (χ3n) is 3.33. The molecule has 1 N–H and O–H groups in total. The third kappa shape index (κ3) is 3.29. The summed E-state index contributed by atoms with van der Waals surface area (Å²) in [6, 6.07) is 9.95. The summed E-state index contributed by atoms with van der Waals surface area (Å²) in [6.07, 6.45) is 5.33. The molecule has 0 bridgehead atoms. The van der Waals surface area contributed by atoms with Crippen LogP contribution in [0.4, 0.5) is 0 Å². The van der Waals surface area contributed by atoms with Crippen molar-refractivity contribution >= 4 is 29.8 Å². The Morgan fingerprint density at radius 3 is 2.40 bits per heavy atom. The highest BCUT2D eigenvalue weighted by Crippen LogP contribution is 2.68. The molecule has 0 saturated carbocycles. The average Bonchev–Trinajstić information content (AvgIpc) is 2.41. The quantitative estimate of drug-likeness (QED) is 0.880. The summed E-state index contributed by atoms with van der Waals surface area (Å²) in [7, 11) is 11.1. The molecule has 1 unspecified atom stereocenters. The Balaban J connectivity index is 2.60. The minimum atomic E-state index is -1.90. The van der Waals surface area contributed by atoms with Crippen LogP contribution < -0.4 is 0 Å². The second-order valence-electron chi connectivity index (χ2n) is 4.74.